The van der Waals surface area contributed by atoms with Crippen LogP contribution < -0.4 is 5.32 Å². The van der Waals surface area contributed by atoms with Crippen molar-refractivity contribution in [1.29, 1.82) is 0 Å². The number of anilines is 1. The molecule has 0 unspecified atom stereocenters. The van der Waals surface area contributed by atoms with Crippen LogP contribution in [0.2, 0.25) is 0 Å². The van der Waals surface area contributed by atoms with Gasteiger partial charge in [-0.15, -0.1) is 15.3 Å². The zero-order valence-electron chi connectivity index (χ0n) is 12.2. The molecule has 3 rings (SSSR count). The smallest absolute Gasteiger partial charge is 0.236 e. The zero-order chi connectivity index (χ0) is 16.1. The van der Waals surface area contributed by atoms with Crippen molar-refractivity contribution in [2.24, 2.45) is 0 Å². The molecule has 10 heteroatoms. The van der Waals surface area contributed by atoms with E-state index in [9.17, 15) is 4.79 Å². The summed E-state index contributed by atoms with van der Waals surface area (Å²) in [5, 5.41) is 24.1. The van der Waals surface area contributed by atoms with Crippen LogP contribution in [-0.4, -0.2) is 42.1 Å². The minimum atomic E-state index is -0.170. The van der Waals surface area contributed by atoms with E-state index in [1.165, 1.54) is 23.1 Å². The number of carbonyl (C=O) groups excluding carboxylic acids is 1. The topological polar surface area (TPSA) is 98.5 Å². The maximum atomic E-state index is 12.0. The van der Waals surface area contributed by atoms with Crippen LogP contribution in [0.4, 0.5) is 5.13 Å². The van der Waals surface area contributed by atoms with Crippen LogP contribution in [0, 0.1) is 0 Å². The van der Waals surface area contributed by atoms with Gasteiger partial charge in [0, 0.05) is 0 Å². The van der Waals surface area contributed by atoms with Gasteiger partial charge >= 0.3 is 0 Å². The lowest BCUT2D eigenvalue weighted by Crippen LogP contribution is -2.14. The first-order valence-corrected chi connectivity index (χ1v) is 8.65. The Bertz CT molecular complexity index is 786. The Kier molecular flexibility index (Phi) is 4.93. The molecule has 8 nitrogen and oxygen atoms in total. The minimum Gasteiger partial charge on any atom is -0.300 e. The van der Waals surface area contributed by atoms with E-state index in [1.807, 2.05) is 37.3 Å². The molecule has 0 atom stereocenters. The van der Waals surface area contributed by atoms with Crippen molar-refractivity contribution in [3.05, 3.63) is 35.3 Å². The average Bonchev–Trinajstić information content (AvgIpc) is 3.22. The highest BCUT2D eigenvalue weighted by atomic mass is 32.2. The number of para-hydroxylation sites is 1. The van der Waals surface area contributed by atoms with E-state index in [1.54, 1.807) is 4.68 Å². The SMILES string of the molecule is CCc1nnc(NC(=O)CSc2nnnn2-c2ccccc2)s1. The zero-order valence-corrected chi connectivity index (χ0v) is 13.8. The van der Waals surface area contributed by atoms with E-state index in [0.29, 0.717) is 10.3 Å². The molecule has 0 aliphatic heterocycles. The molecule has 0 radical (unpaired) electrons. The number of aryl methyl sites for hydroxylation is 1. The number of benzene rings is 1. The Morgan fingerprint density at radius 1 is 1.26 bits per heavy atom. The number of hydrogen-bond donors (Lipinski definition) is 1. The molecule has 0 bridgehead atoms. The fourth-order valence-corrected chi connectivity index (χ4v) is 3.12. The third-order valence-electron chi connectivity index (χ3n) is 2.79. The Labute approximate surface area is 140 Å². The summed E-state index contributed by atoms with van der Waals surface area (Å²) in [5.41, 5.74) is 0.845. The fourth-order valence-electron chi connectivity index (χ4n) is 1.73. The van der Waals surface area contributed by atoms with Crippen LogP contribution in [-0.2, 0) is 11.2 Å². The summed E-state index contributed by atoms with van der Waals surface area (Å²) in [7, 11) is 0. The van der Waals surface area contributed by atoms with E-state index in [4.69, 9.17) is 0 Å². The van der Waals surface area contributed by atoms with E-state index in [2.05, 4.69) is 31.0 Å². The summed E-state index contributed by atoms with van der Waals surface area (Å²) in [6.07, 6.45) is 0.800. The van der Waals surface area contributed by atoms with Gasteiger partial charge in [-0.05, 0) is 29.0 Å². The lowest BCUT2D eigenvalue weighted by atomic mass is 10.3. The highest BCUT2D eigenvalue weighted by molar-refractivity contribution is 7.99. The number of hydrogen-bond acceptors (Lipinski definition) is 8. The second-order valence-electron chi connectivity index (χ2n) is 4.40. The van der Waals surface area contributed by atoms with Crippen LogP contribution >= 0.6 is 23.1 Å². The number of rotatable bonds is 6. The standard InChI is InChI=1S/C13H13N7OS2/c1-2-11-15-16-12(23-11)14-10(21)8-22-13-17-18-19-20(13)9-6-4-3-5-7-9/h3-7H,2,8H2,1H3,(H,14,16,21). The highest BCUT2D eigenvalue weighted by Gasteiger charge is 2.12. The molecule has 0 saturated heterocycles. The van der Waals surface area contributed by atoms with E-state index >= 15 is 0 Å². The quantitative estimate of drug-likeness (QED) is 0.679. The number of amides is 1. The maximum Gasteiger partial charge on any atom is 0.236 e. The Morgan fingerprint density at radius 3 is 2.83 bits per heavy atom. The third-order valence-corrected chi connectivity index (χ3v) is 4.69. The number of aromatic nitrogens is 6. The van der Waals surface area contributed by atoms with Gasteiger partial charge in [0.1, 0.15) is 5.01 Å². The summed E-state index contributed by atoms with van der Waals surface area (Å²) >= 11 is 2.64. The van der Waals surface area contributed by atoms with Gasteiger partial charge in [-0.1, -0.05) is 48.2 Å². The lowest BCUT2D eigenvalue weighted by Gasteiger charge is -2.03. The van der Waals surface area contributed by atoms with Gasteiger partial charge in [0.25, 0.3) is 0 Å². The van der Waals surface area contributed by atoms with Gasteiger partial charge in [0.05, 0.1) is 11.4 Å². The van der Waals surface area contributed by atoms with Crippen LogP contribution in [0.1, 0.15) is 11.9 Å². The van der Waals surface area contributed by atoms with Crippen molar-refractivity contribution in [1.82, 2.24) is 30.4 Å². The van der Waals surface area contributed by atoms with Gasteiger partial charge in [-0.25, -0.2) is 0 Å². The summed E-state index contributed by atoms with van der Waals surface area (Å²) in [6.45, 7) is 1.99. The molecule has 2 heterocycles. The fraction of sp³-hybridized carbons (Fsp3) is 0.231. The summed E-state index contributed by atoms with van der Waals surface area (Å²) in [5.74, 6) is 0.0187. The molecule has 0 fully saturated rings. The monoisotopic (exact) mass is 347 g/mol. The summed E-state index contributed by atoms with van der Waals surface area (Å²) in [4.78, 5) is 12.0. The minimum absolute atomic E-state index is 0.170. The molecule has 0 aliphatic rings. The molecule has 1 aromatic carbocycles. The molecule has 1 N–H and O–H groups in total. The van der Waals surface area contributed by atoms with Crippen molar-refractivity contribution in [2.75, 3.05) is 11.1 Å². The lowest BCUT2D eigenvalue weighted by molar-refractivity contribution is -0.113. The third kappa shape index (κ3) is 3.90. The molecule has 23 heavy (non-hydrogen) atoms. The van der Waals surface area contributed by atoms with E-state index in [0.717, 1.165) is 17.1 Å². The molecule has 2 aromatic heterocycles. The largest absolute Gasteiger partial charge is 0.300 e. The maximum absolute atomic E-state index is 12.0. The number of nitrogens with one attached hydrogen (secondary N) is 1. The predicted octanol–water partition coefficient (Wildman–Crippen LogP) is 1.81. The Balaban J connectivity index is 1.60. The number of tetrazole rings is 1. The van der Waals surface area contributed by atoms with E-state index < -0.39 is 0 Å². The van der Waals surface area contributed by atoms with Gasteiger partial charge in [0.15, 0.2) is 0 Å². The molecule has 0 saturated carbocycles. The van der Waals surface area contributed by atoms with Gasteiger partial charge in [-0.2, -0.15) is 4.68 Å². The molecule has 0 spiro atoms. The predicted molar refractivity (Wildman–Crippen MR) is 87.8 cm³/mol. The first-order valence-electron chi connectivity index (χ1n) is 6.85. The van der Waals surface area contributed by atoms with Crippen LogP contribution in [0.3, 0.4) is 0 Å². The van der Waals surface area contributed by atoms with Crippen LogP contribution in [0.15, 0.2) is 35.5 Å². The first-order chi connectivity index (χ1) is 11.3. The number of carbonyl (C=O) groups is 1. The average molecular weight is 347 g/mol. The molecular formula is C13H13N7OS2. The second-order valence-corrected chi connectivity index (χ2v) is 6.40. The molecule has 0 aliphatic carbocycles. The second kappa shape index (κ2) is 7.29. The van der Waals surface area contributed by atoms with Crippen molar-refractivity contribution < 1.29 is 4.79 Å². The summed E-state index contributed by atoms with van der Waals surface area (Å²) < 4.78 is 1.60. The van der Waals surface area contributed by atoms with Crippen molar-refractivity contribution in [3.8, 4) is 5.69 Å². The van der Waals surface area contributed by atoms with Crippen molar-refractivity contribution in [3.63, 3.8) is 0 Å². The van der Waals surface area contributed by atoms with Crippen LogP contribution in [0.25, 0.3) is 5.69 Å². The van der Waals surface area contributed by atoms with Gasteiger partial charge < -0.3 is 0 Å². The highest BCUT2D eigenvalue weighted by Crippen LogP contribution is 2.19. The number of thioether (sulfide) groups is 1. The van der Waals surface area contributed by atoms with E-state index in [-0.39, 0.29) is 11.7 Å². The van der Waals surface area contributed by atoms with Gasteiger partial charge in [0.2, 0.25) is 16.2 Å². The van der Waals surface area contributed by atoms with Crippen molar-refractivity contribution in [2.45, 2.75) is 18.5 Å². The first kappa shape index (κ1) is 15.6. The van der Waals surface area contributed by atoms with Crippen LogP contribution in [0.5, 0.6) is 0 Å². The molecule has 118 valence electrons. The number of nitrogens with zero attached hydrogens (tertiary/aromatic N) is 6. The Morgan fingerprint density at radius 2 is 2.09 bits per heavy atom. The summed E-state index contributed by atoms with van der Waals surface area (Å²) in [6, 6.07) is 9.51. The Hall–Kier alpha value is -2.33. The molecule has 3 aromatic rings. The van der Waals surface area contributed by atoms with Gasteiger partial charge in [-0.3, -0.25) is 10.1 Å². The molecular weight excluding hydrogens is 334 g/mol. The normalized spacial score (nSPS) is 10.7. The molecule has 1 amide bonds. The van der Waals surface area contributed by atoms with Crippen molar-refractivity contribution >= 4 is 34.1 Å².